The molecule has 0 radical (unpaired) electrons. The zero-order valence-electron chi connectivity index (χ0n) is 3.57. The summed E-state index contributed by atoms with van der Waals surface area (Å²) in [5.74, 6) is 0. The molecule has 8 heteroatoms. The maximum atomic E-state index is 10.6. The van der Waals surface area contributed by atoms with Crippen molar-refractivity contribution in [2.45, 2.75) is 5.51 Å². The number of halogens is 3. The first-order valence-electron chi connectivity index (χ1n) is 1.23. The van der Waals surface area contributed by atoms with E-state index in [1.165, 1.54) is 0 Å². The first-order chi connectivity index (χ1) is 3.94. The van der Waals surface area contributed by atoms with Crippen LogP contribution in [0.1, 0.15) is 0 Å². The average molecular weight is 257 g/mol. The molecule has 0 bridgehead atoms. The van der Waals surface area contributed by atoms with Crippen LogP contribution in [0, 0.1) is 0 Å². The van der Waals surface area contributed by atoms with E-state index in [2.05, 4.69) is 0 Å². The van der Waals surface area contributed by atoms with Crippen molar-refractivity contribution in [1.82, 2.24) is 0 Å². The van der Waals surface area contributed by atoms with Crippen molar-refractivity contribution in [2.24, 2.45) is 0 Å². The third-order valence-electron chi connectivity index (χ3n) is 0.189. The summed E-state index contributed by atoms with van der Waals surface area (Å²) in [6.07, 6.45) is 0. The monoisotopic (exact) mass is 256 g/mol. The molecule has 1 atom stereocenters. The Hall–Kier alpha value is 0.440. The Morgan fingerprint density at radius 3 is 1.44 bits per heavy atom. The normalized spacial score (nSPS) is 13.6. The molecule has 0 spiro atoms. The fourth-order valence-electron chi connectivity index (χ4n) is 0. The Morgan fingerprint density at radius 2 is 1.44 bits per heavy atom. The molecule has 0 aromatic rings. The van der Waals surface area contributed by atoms with Gasteiger partial charge in [0.15, 0.2) is 0 Å². The van der Waals surface area contributed by atoms with E-state index in [4.69, 9.17) is 12.0 Å². The van der Waals surface area contributed by atoms with Crippen LogP contribution < -0.4 is 0 Å². The summed E-state index contributed by atoms with van der Waals surface area (Å²) in [5.41, 5.74) is -5.08. The van der Waals surface area contributed by atoms with Crippen molar-refractivity contribution in [3.63, 3.8) is 0 Å². The van der Waals surface area contributed by atoms with Gasteiger partial charge in [0.05, 0.1) is 11.1 Å². The van der Waals surface area contributed by atoms with Crippen molar-refractivity contribution in [1.29, 1.82) is 0 Å². The van der Waals surface area contributed by atoms with E-state index < -0.39 is 16.6 Å². The van der Waals surface area contributed by atoms with Gasteiger partial charge in [-0.1, -0.05) is 0 Å². The minimum absolute atomic E-state index is 1.70. The fourth-order valence-corrected chi connectivity index (χ4v) is 0. The van der Waals surface area contributed by atoms with Crippen LogP contribution in [-0.2, 0) is 35.4 Å². The van der Waals surface area contributed by atoms with Crippen LogP contribution >= 0.6 is 0 Å². The molecule has 0 amide bonds. The van der Waals surface area contributed by atoms with E-state index in [1.807, 2.05) is 0 Å². The zero-order valence-corrected chi connectivity index (χ0v) is 5.87. The predicted octanol–water partition coefficient (Wildman–Crippen LogP) is 0.264. The van der Waals surface area contributed by atoms with E-state index in [0.717, 1.165) is 0 Å². The molecule has 0 aliphatic rings. The van der Waals surface area contributed by atoms with E-state index in [0.29, 0.717) is 0 Å². The van der Waals surface area contributed by atoms with Gasteiger partial charge in [0.2, 0.25) is 0 Å². The second kappa shape index (κ2) is 5.24. The number of alkyl halides is 3. The number of hydrogen-bond acceptors (Lipinski definition) is 3. The van der Waals surface area contributed by atoms with Crippen molar-refractivity contribution < 1.29 is 46.2 Å². The SMILES string of the molecule is O=S([O-])C(F)(F)F.[O]=[Ag]. The molecule has 0 saturated heterocycles. The Balaban J connectivity index is 0. The molecule has 0 heterocycles. The molecule has 0 aliphatic carbocycles. The van der Waals surface area contributed by atoms with Crippen molar-refractivity contribution >= 4 is 11.1 Å². The summed E-state index contributed by atoms with van der Waals surface area (Å²) in [5, 5.41) is 0. The number of hydrogen-bond donors (Lipinski definition) is 0. The fraction of sp³-hybridized carbons (Fsp3) is 1.00. The molecule has 0 saturated carbocycles. The van der Waals surface area contributed by atoms with Gasteiger partial charge < -0.3 is 4.55 Å². The number of rotatable bonds is 0. The van der Waals surface area contributed by atoms with Gasteiger partial charge in [0.1, 0.15) is 0 Å². The standard InChI is InChI=1S/CHF3O2S.Ag.O/c2-1(3,4)7(5)6;;/h(H,5,6);;/p-1. The molecule has 0 aromatic carbocycles. The molecule has 0 aromatic heterocycles. The quantitative estimate of drug-likeness (QED) is 0.462. The summed E-state index contributed by atoms with van der Waals surface area (Å²) in [6, 6.07) is 0. The zero-order chi connectivity index (χ0) is 8.08. The Kier molecular flexibility index (Phi) is 7.08. The summed E-state index contributed by atoms with van der Waals surface area (Å²) >= 11 is -2.23. The summed E-state index contributed by atoms with van der Waals surface area (Å²) < 4.78 is 57.5. The van der Waals surface area contributed by atoms with Gasteiger partial charge in [0.25, 0.3) is 0 Å². The molecule has 0 rings (SSSR count). The predicted molar refractivity (Wildman–Crippen MR) is 15.7 cm³/mol. The first-order valence-corrected chi connectivity index (χ1v) is 2.91. The van der Waals surface area contributed by atoms with E-state index in [-0.39, 0.29) is 0 Å². The third kappa shape index (κ3) is 8.44. The van der Waals surface area contributed by atoms with Crippen LogP contribution in [0.2, 0.25) is 0 Å². The molecular weight excluding hydrogens is 257 g/mol. The maximum absolute atomic E-state index is 10.6. The van der Waals surface area contributed by atoms with Crippen LogP contribution in [-0.4, -0.2) is 14.3 Å². The van der Waals surface area contributed by atoms with Crippen LogP contribution in [0.5, 0.6) is 0 Å². The molecule has 0 aliphatic heterocycles. The van der Waals surface area contributed by atoms with Crippen molar-refractivity contribution in [3.05, 3.63) is 0 Å². The first kappa shape index (κ1) is 12.1. The second-order valence-corrected chi connectivity index (χ2v) is 1.61. The summed E-state index contributed by atoms with van der Waals surface area (Å²) in [7, 11) is 0. The van der Waals surface area contributed by atoms with E-state index in [1.54, 1.807) is 21.0 Å². The van der Waals surface area contributed by atoms with Crippen molar-refractivity contribution in [2.75, 3.05) is 0 Å². The van der Waals surface area contributed by atoms with Crippen LogP contribution in [0.3, 0.4) is 0 Å². The van der Waals surface area contributed by atoms with Crippen molar-refractivity contribution in [3.8, 4) is 0 Å². The molecule has 1 unspecified atom stereocenters. The second-order valence-electron chi connectivity index (χ2n) is 0.680. The Bertz CT molecular complexity index is 102. The van der Waals surface area contributed by atoms with E-state index in [9.17, 15) is 13.2 Å². The van der Waals surface area contributed by atoms with Gasteiger partial charge in [0, 0.05) is 0 Å². The van der Waals surface area contributed by atoms with Gasteiger partial charge in [-0.2, -0.15) is 13.2 Å². The Labute approximate surface area is 63.2 Å². The average Bonchev–Trinajstić information content (AvgIpc) is 1.69. The topological polar surface area (TPSA) is 57.2 Å². The third-order valence-corrected chi connectivity index (χ3v) is 0.567. The van der Waals surface area contributed by atoms with Gasteiger partial charge in [-0.15, -0.1) is 0 Å². The molecule has 0 fully saturated rings. The van der Waals surface area contributed by atoms with Gasteiger partial charge in [-0.25, -0.2) is 0 Å². The van der Waals surface area contributed by atoms with Gasteiger partial charge >= 0.3 is 29.8 Å². The molecule has 61 valence electrons. The van der Waals surface area contributed by atoms with Crippen LogP contribution in [0.25, 0.3) is 0 Å². The van der Waals surface area contributed by atoms with Crippen LogP contribution in [0.4, 0.5) is 13.2 Å². The summed E-state index contributed by atoms with van der Waals surface area (Å²) in [6.45, 7) is 0. The summed E-state index contributed by atoms with van der Waals surface area (Å²) in [4.78, 5) is 0. The molecule has 0 N–H and O–H groups in total. The molecule has 9 heavy (non-hydrogen) atoms. The molecule has 3 nitrogen and oxygen atoms in total. The minimum atomic E-state index is -5.08. The van der Waals surface area contributed by atoms with Gasteiger partial charge in [-0.05, 0) is 0 Å². The molecular formula is CAgF3O3S-. The Morgan fingerprint density at radius 1 is 1.33 bits per heavy atom. The van der Waals surface area contributed by atoms with Crippen LogP contribution in [0.15, 0.2) is 0 Å². The van der Waals surface area contributed by atoms with Gasteiger partial charge in [-0.3, -0.25) is 4.21 Å². The van der Waals surface area contributed by atoms with E-state index >= 15 is 0 Å².